The van der Waals surface area contributed by atoms with Gasteiger partial charge >= 0.3 is 0 Å². The lowest BCUT2D eigenvalue weighted by molar-refractivity contribution is -0.121. The summed E-state index contributed by atoms with van der Waals surface area (Å²) in [7, 11) is 0. The summed E-state index contributed by atoms with van der Waals surface area (Å²) in [6.07, 6.45) is 1.26. The Hall–Kier alpha value is -1.91. The van der Waals surface area contributed by atoms with E-state index in [2.05, 4.69) is 5.32 Å². The van der Waals surface area contributed by atoms with Crippen LogP contribution < -0.4 is 10.2 Å². The van der Waals surface area contributed by atoms with Crippen molar-refractivity contribution in [2.24, 2.45) is 0 Å². The van der Waals surface area contributed by atoms with Crippen molar-refractivity contribution in [2.75, 3.05) is 18.0 Å². The molecule has 1 aromatic carbocycles. The zero-order valence-electron chi connectivity index (χ0n) is 11.3. The van der Waals surface area contributed by atoms with Crippen molar-refractivity contribution in [1.29, 1.82) is 0 Å². The zero-order chi connectivity index (χ0) is 14.3. The van der Waals surface area contributed by atoms with Crippen LogP contribution in [0.2, 0.25) is 0 Å². The van der Waals surface area contributed by atoms with Crippen LogP contribution in [-0.4, -0.2) is 24.9 Å². The number of hydrogen-bond donors (Lipinski definition) is 1. The Balaban J connectivity index is 2.59. The number of nitrogens with zero attached hydrogens (tertiary/aromatic N) is 1. The lowest BCUT2D eigenvalue weighted by atomic mass is 10.2. The van der Waals surface area contributed by atoms with Crippen molar-refractivity contribution in [1.82, 2.24) is 5.32 Å². The molecule has 0 aliphatic carbocycles. The maximum atomic E-state index is 13.1. The quantitative estimate of drug-likeness (QED) is 0.857. The first kappa shape index (κ1) is 15.1. The van der Waals surface area contributed by atoms with E-state index in [0.29, 0.717) is 25.2 Å². The van der Waals surface area contributed by atoms with Gasteiger partial charge < -0.3 is 10.2 Å². The summed E-state index contributed by atoms with van der Waals surface area (Å²) in [5.74, 6) is -0.612. The normalized spacial score (nSPS) is 10.1. The fourth-order valence-electron chi connectivity index (χ4n) is 1.73. The summed E-state index contributed by atoms with van der Waals surface area (Å²) in [6, 6.07) is 5.84. The Morgan fingerprint density at radius 1 is 1.37 bits per heavy atom. The van der Waals surface area contributed by atoms with Crippen molar-refractivity contribution in [2.45, 2.75) is 26.7 Å². The highest BCUT2D eigenvalue weighted by Crippen LogP contribution is 2.15. The van der Waals surface area contributed by atoms with Crippen LogP contribution >= 0.6 is 0 Å². The molecule has 0 saturated heterocycles. The predicted molar refractivity (Wildman–Crippen MR) is 72.3 cm³/mol. The second kappa shape index (κ2) is 7.51. The standard InChI is InChI=1S/C14H19FN2O2/c1-3-5-14(19)16-8-9-17(11(2)18)13-7-4-6-12(15)10-13/h4,6-7,10H,3,5,8-9H2,1-2H3,(H,16,19). The van der Waals surface area contributed by atoms with Gasteiger partial charge in [0.15, 0.2) is 0 Å². The molecule has 0 fully saturated rings. The number of benzene rings is 1. The van der Waals surface area contributed by atoms with Crippen LogP contribution in [0.4, 0.5) is 10.1 Å². The third-order valence-electron chi connectivity index (χ3n) is 2.63. The maximum absolute atomic E-state index is 13.1. The van der Waals surface area contributed by atoms with Gasteiger partial charge in [-0.3, -0.25) is 9.59 Å². The number of carbonyl (C=O) groups is 2. The van der Waals surface area contributed by atoms with E-state index in [9.17, 15) is 14.0 Å². The molecule has 0 unspecified atom stereocenters. The van der Waals surface area contributed by atoms with Crippen LogP contribution in [0.1, 0.15) is 26.7 Å². The molecule has 0 heterocycles. The highest BCUT2D eigenvalue weighted by molar-refractivity contribution is 5.91. The SMILES string of the molecule is CCCC(=O)NCCN(C(C)=O)c1cccc(F)c1. The van der Waals surface area contributed by atoms with Crippen LogP contribution in [-0.2, 0) is 9.59 Å². The Bertz CT molecular complexity index is 449. The lowest BCUT2D eigenvalue weighted by Crippen LogP contribution is -2.37. The minimum Gasteiger partial charge on any atom is -0.354 e. The molecular weight excluding hydrogens is 247 g/mol. The molecule has 0 spiro atoms. The summed E-state index contributed by atoms with van der Waals surface area (Å²) < 4.78 is 13.1. The fourth-order valence-corrected chi connectivity index (χ4v) is 1.73. The maximum Gasteiger partial charge on any atom is 0.223 e. The monoisotopic (exact) mass is 266 g/mol. The molecule has 5 heteroatoms. The van der Waals surface area contributed by atoms with Gasteiger partial charge in [0.05, 0.1) is 0 Å². The van der Waals surface area contributed by atoms with E-state index in [1.165, 1.54) is 24.0 Å². The van der Waals surface area contributed by atoms with E-state index >= 15 is 0 Å². The molecule has 19 heavy (non-hydrogen) atoms. The second-order valence-electron chi connectivity index (χ2n) is 4.25. The Kier molecular flexibility index (Phi) is 5.99. The second-order valence-corrected chi connectivity index (χ2v) is 4.25. The van der Waals surface area contributed by atoms with Gasteiger partial charge in [-0.05, 0) is 24.6 Å². The molecule has 4 nitrogen and oxygen atoms in total. The summed E-state index contributed by atoms with van der Waals surface area (Å²) >= 11 is 0. The van der Waals surface area contributed by atoms with Crippen LogP contribution in [0.3, 0.4) is 0 Å². The molecule has 0 aliphatic rings. The molecule has 1 rings (SSSR count). The predicted octanol–water partition coefficient (Wildman–Crippen LogP) is 2.09. The number of halogens is 1. The molecule has 2 amide bonds. The van der Waals surface area contributed by atoms with Gasteiger partial charge in [0.1, 0.15) is 5.82 Å². The van der Waals surface area contributed by atoms with Crippen LogP contribution in [0, 0.1) is 5.82 Å². The van der Waals surface area contributed by atoms with Crippen molar-refractivity contribution >= 4 is 17.5 Å². The van der Waals surface area contributed by atoms with Crippen LogP contribution in [0.15, 0.2) is 24.3 Å². The van der Waals surface area contributed by atoms with Crippen LogP contribution in [0.5, 0.6) is 0 Å². The molecule has 0 radical (unpaired) electrons. The van der Waals surface area contributed by atoms with Gasteiger partial charge in [0, 0.05) is 32.1 Å². The van der Waals surface area contributed by atoms with Crippen molar-refractivity contribution in [3.63, 3.8) is 0 Å². The van der Waals surface area contributed by atoms with E-state index in [0.717, 1.165) is 6.42 Å². The third kappa shape index (κ3) is 5.07. The average Bonchev–Trinajstić information content (AvgIpc) is 2.34. The summed E-state index contributed by atoms with van der Waals surface area (Å²) in [5.41, 5.74) is 0.497. The highest BCUT2D eigenvalue weighted by Gasteiger charge is 2.12. The first-order valence-corrected chi connectivity index (χ1v) is 6.35. The molecular formula is C14H19FN2O2. The van der Waals surface area contributed by atoms with Gasteiger partial charge in [-0.1, -0.05) is 13.0 Å². The van der Waals surface area contributed by atoms with E-state index in [1.54, 1.807) is 12.1 Å². The molecule has 1 N–H and O–H groups in total. The fraction of sp³-hybridized carbons (Fsp3) is 0.429. The minimum absolute atomic E-state index is 0.0368. The molecule has 0 bridgehead atoms. The van der Waals surface area contributed by atoms with E-state index in [1.807, 2.05) is 6.92 Å². The van der Waals surface area contributed by atoms with Crippen molar-refractivity contribution < 1.29 is 14.0 Å². The molecule has 0 atom stereocenters. The smallest absolute Gasteiger partial charge is 0.223 e. The van der Waals surface area contributed by atoms with E-state index in [-0.39, 0.29) is 11.8 Å². The lowest BCUT2D eigenvalue weighted by Gasteiger charge is -2.21. The highest BCUT2D eigenvalue weighted by atomic mass is 19.1. The van der Waals surface area contributed by atoms with Gasteiger partial charge in [0.2, 0.25) is 11.8 Å². The van der Waals surface area contributed by atoms with Gasteiger partial charge in [0.25, 0.3) is 0 Å². The van der Waals surface area contributed by atoms with Gasteiger partial charge in [-0.15, -0.1) is 0 Å². The molecule has 0 aliphatic heterocycles. The van der Waals surface area contributed by atoms with Crippen LogP contribution in [0.25, 0.3) is 0 Å². The third-order valence-corrected chi connectivity index (χ3v) is 2.63. The molecule has 104 valence electrons. The first-order valence-electron chi connectivity index (χ1n) is 6.35. The zero-order valence-corrected chi connectivity index (χ0v) is 11.3. The van der Waals surface area contributed by atoms with Crippen molar-refractivity contribution in [3.05, 3.63) is 30.1 Å². The molecule has 0 aromatic heterocycles. The Morgan fingerprint density at radius 2 is 2.11 bits per heavy atom. The topological polar surface area (TPSA) is 49.4 Å². The van der Waals surface area contributed by atoms with E-state index in [4.69, 9.17) is 0 Å². The molecule has 1 aromatic rings. The number of anilines is 1. The largest absolute Gasteiger partial charge is 0.354 e. The number of nitrogens with one attached hydrogen (secondary N) is 1. The Labute approximate surface area is 112 Å². The van der Waals surface area contributed by atoms with Crippen molar-refractivity contribution in [3.8, 4) is 0 Å². The van der Waals surface area contributed by atoms with Gasteiger partial charge in [-0.2, -0.15) is 0 Å². The van der Waals surface area contributed by atoms with Gasteiger partial charge in [-0.25, -0.2) is 4.39 Å². The summed E-state index contributed by atoms with van der Waals surface area (Å²) in [5, 5.41) is 2.73. The number of rotatable bonds is 6. The minimum atomic E-state index is -0.390. The number of amides is 2. The average molecular weight is 266 g/mol. The summed E-state index contributed by atoms with van der Waals surface area (Å²) in [6.45, 7) is 4.02. The number of hydrogen-bond acceptors (Lipinski definition) is 2. The number of carbonyl (C=O) groups excluding carboxylic acids is 2. The van der Waals surface area contributed by atoms with E-state index < -0.39 is 5.82 Å². The first-order chi connectivity index (χ1) is 9.04. The summed E-state index contributed by atoms with van der Waals surface area (Å²) in [4.78, 5) is 24.3. The molecule has 0 saturated carbocycles. The Morgan fingerprint density at radius 3 is 2.68 bits per heavy atom.